The first kappa shape index (κ1) is 18.4. The molecule has 2 rings (SSSR count). The number of carbonyl (C=O) groups is 2. The van der Waals surface area contributed by atoms with Crippen molar-refractivity contribution in [1.82, 2.24) is 9.80 Å². The van der Waals surface area contributed by atoms with Gasteiger partial charge in [-0.05, 0) is 49.9 Å². The van der Waals surface area contributed by atoms with Crippen molar-refractivity contribution in [3.8, 4) is 0 Å². The average molecular weight is 334 g/mol. The number of carbonyl (C=O) groups excluding carboxylic acids is 2. The first-order chi connectivity index (χ1) is 11.6. The number of benzene rings is 1. The molecule has 4 nitrogen and oxygen atoms in total. The number of nitrogens with zero attached hydrogens (tertiary/aromatic N) is 2. The molecule has 0 aromatic heterocycles. The maximum atomic E-state index is 13.0. The maximum absolute atomic E-state index is 13.0. The molecule has 0 radical (unpaired) electrons. The van der Waals surface area contributed by atoms with Gasteiger partial charge in [-0.15, -0.1) is 0 Å². The second kappa shape index (κ2) is 8.81. The third kappa shape index (κ3) is 4.56. The van der Waals surface area contributed by atoms with Crippen LogP contribution < -0.4 is 0 Å². The summed E-state index contributed by atoms with van der Waals surface area (Å²) in [5, 5.41) is 0. The highest BCUT2D eigenvalue weighted by Crippen LogP contribution is 2.21. The van der Waals surface area contributed by atoms with Crippen LogP contribution >= 0.6 is 0 Å². The molecule has 2 amide bonds. The molecule has 0 bridgehead atoms. The Morgan fingerprint density at radius 1 is 1.17 bits per heavy atom. The average Bonchev–Trinajstić information content (AvgIpc) is 2.61. The van der Waals surface area contributed by atoms with E-state index in [2.05, 4.69) is 13.8 Å². The number of halogens is 1. The highest BCUT2D eigenvalue weighted by atomic mass is 19.1. The molecule has 1 fully saturated rings. The third-order valence-corrected chi connectivity index (χ3v) is 4.45. The van der Waals surface area contributed by atoms with Crippen LogP contribution in [0.5, 0.6) is 0 Å². The fraction of sp³-hybridized carbons (Fsp3) is 0.579. The second-order valence-electron chi connectivity index (χ2n) is 6.42. The first-order valence-electron chi connectivity index (χ1n) is 8.90. The zero-order valence-electron chi connectivity index (χ0n) is 14.6. The van der Waals surface area contributed by atoms with Crippen molar-refractivity contribution >= 4 is 11.8 Å². The van der Waals surface area contributed by atoms with E-state index in [0.717, 1.165) is 38.8 Å². The van der Waals surface area contributed by atoms with Gasteiger partial charge in [-0.2, -0.15) is 0 Å². The van der Waals surface area contributed by atoms with Crippen LogP contribution in [-0.2, 0) is 4.79 Å². The summed E-state index contributed by atoms with van der Waals surface area (Å²) in [5.41, 5.74) is 0.475. The van der Waals surface area contributed by atoms with E-state index in [0.29, 0.717) is 18.7 Å². The van der Waals surface area contributed by atoms with Crippen molar-refractivity contribution in [2.24, 2.45) is 5.92 Å². The molecule has 0 unspecified atom stereocenters. The number of hydrogen-bond acceptors (Lipinski definition) is 2. The fourth-order valence-corrected chi connectivity index (χ4v) is 3.27. The van der Waals surface area contributed by atoms with Crippen LogP contribution in [0.25, 0.3) is 0 Å². The molecule has 0 spiro atoms. The van der Waals surface area contributed by atoms with E-state index in [4.69, 9.17) is 0 Å². The summed E-state index contributed by atoms with van der Waals surface area (Å²) in [6.07, 6.45) is 3.54. The maximum Gasteiger partial charge on any atom is 0.253 e. The first-order valence-corrected chi connectivity index (χ1v) is 8.90. The Labute approximate surface area is 143 Å². The van der Waals surface area contributed by atoms with Crippen molar-refractivity contribution in [3.05, 3.63) is 35.6 Å². The number of amides is 2. The number of hydrogen-bond donors (Lipinski definition) is 0. The lowest BCUT2D eigenvalue weighted by molar-refractivity contribution is -0.137. The summed E-state index contributed by atoms with van der Waals surface area (Å²) in [5.74, 6) is -0.436. The molecule has 0 saturated carbocycles. The molecular weight excluding hydrogens is 307 g/mol. The van der Waals surface area contributed by atoms with E-state index in [1.807, 2.05) is 4.90 Å². The Bertz CT molecular complexity index is 553. The zero-order valence-corrected chi connectivity index (χ0v) is 14.6. The predicted molar refractivity (Wildman–Crippen MR) is 92.2 cm³/mol. The normalized spacial score (nSPS) is 17.6. The van der Waals surface area contributed by atoms with Gasteiger partial charge >= 0.3 is 0 Å². The topological polar surface area (TPSA) is 40.6 Å². The van der Waals surface area contributed by atoms with E-state index >= 15 is 0 Å². The van der Waals surface area contributed by atoms with Crippen LogP contribution in [0.2, 0.25) is 0 Å². The van der Waals surface area contributed by atoms with E-state index in [1.54, 1.807) is 4.90 Å². The lowest BCUT2D eigenvalue weighted by atomic mass is 9.95. The molecule has 1 aromatic carbocycles. The van der Waals surface area contributed by atoms with E-state index in [-0.39, 0.29) is 23.5 Å². The highest BCUT2D eigenvalue weighted by molar-refractivity contribution is 5.94. The molecule has 0 aliphatic carbocycles. The Hall–Kier alpha value is -1.91. The van der Waals surface area contributed by atoms with Crippen molar-refractivity contribution in [2.75, 3.05) is 26.2 Å². The molecule has 1 heterocycles. The van der Waals surface area contributed by atoms with Gasteiger partial charge in [-0.3, -0.25) is 9.59 Å². The minimum absolute atomic E-state index is 0.120. The summed E-state index contributed by atoms with van der Waals surface area (Å²) in [4.78, 5) is 29.0. The fourth-order valence-electron chi connectivity index (χ4n) is 3.27. The summed E-state index contributed by atoms with van der Waals surface area (Å²) in [7, 11) is 0. The van der Waals surface area contributed by atoms with Crippen LogP contribution in [0.4, 0.5) is 4.39 Å². The molecule has 1 aliphatic rings. The van der Waals surface area contributed by atoms with Gasteiger partial charge in [0.25, 0.3) is 5.91 Å². The van der Waals surface area contributed by atoms with Crippen LogP contribution in [0.1, 0.15) is 49.9 Å². The van der Waals surface area contributed by atoms with Crippen LogP contribution in [0.15, 0.2) is 24.3 Å². The molecule has 24 heavy (non-hydrogen) atoms. The summed E-state index contributed by atoms with van der Waals surface area (Å²) >= 11 is 0. The Balaban J connectivity index is 2.03. The van der Waals surface area contributed by atoms with Crippen molar-refractivity contribution < 1.29 is 14.0 Å². The highest BCUT2D eigenvalue weighted by Gasteiger charge is 2.31. The molecule has 1 aromatic rings. The third-order valence-electron chi connectivity index (χ3n) is 4.45. The van der Waals surface area contributed by atoms with Gasteiger partial charge in [0.05, 0.1) is 5.92 Å². The SMILES string of the molecule is CCCN(CCC)C(=O)[C@H]1CCCN(C(=O)c2ccc(F)cc2)C1. The van der Waals surface area contributed by atoms with Gasteiger partial charge in [-0.25, -0.2) is 4.39 Å². The van der Waals surface area contributed by atoms with E-state index in [9.17, 15) is 14.0 Å². The number of likely N-dealkylation sites (tertiary alicyclic amines) is 1. The lowest BCUT2D eigenvalue weighted by Gasteiger charge is -2.35. The van der Waals surface area contributed by atoms with Gasteiger partial charge in [0.2, 0.25) is 5.91 Å². The standard InChI is InChI=1S/C19H27FN2O2/c1-3-11-21(12-4-2)19(24)16-6-5-13-22(14-16)18(23)15-7-9-17(20)10-8-15/h7-10,16H,3-6,11-14H2,1-2H3/t16-/m0/s1. The second-order valence-corrected chi connectivity index (χ2v) is 6.42. The van der Waals surface area contributed by atoms with Crippen LogP contribution in [-0.4, -0.2) is 47.8 Å². The van der Waals surface area contributed by atoms with E-state index < -0.39 is 0 Å². The molecule has 5 heteroatoms. The van der Waals surface area contributed by atoms with Gasteiger partial charge in [0.1, 0.15) is 5.82 Å². The quantitative estimate of drug-likeness (QED) is 0.801. The van der Waals surface area contributed by atoms with Gasteiger partial charge in [0, 0.05) is 31.7 Å². The van der Waals surface area contributed by atoms with E-state index in [1.165, 1.54) is 24.3 Å². The van der Waals surface area contributed by atoms with Gasteiger partial charge in [0.15, 0.2) is 0 Å². The zero-order chi connectivity index (χ0) is 17.5. The number of piperidine rings is 1. The van der Waals surface area contributed by atoms with Crippen molar-refractivity contribution in [1.29, 1.82) is 0 Å². The molecule has 132 valence electrons. The Morgan fingerprint density at radius 2 is 1.79 bits per heavy atom. The minimum atomic E-state index is -0.354. The van der Waals surface area contributed by atoms with Crippen LogP contribution in [0.3, 0.4) is 0 Å². The van der Waals surface area contributed by atoms with Crippen molar-refractivity contribution in [3.63, 3.8) is 0 Å². The largest absolute Gasteiger partial charge is 0.342 e. The summed E-state index contributed by atoms with van der Waals surface area (Å²) < 4.78 is 13.0. The van der Waals surface area contributed by atoms with Crippen LogP contribution in [0, 0.1) is 11.7 Å². The summed E-state index contributed by atoms with van der Waals surface area (Å²) in [6, 6.07) is 5.60. The summed E-state index contributed by atoms with van der Waals surface area (Å²) in [6.45, 7) is 6.80. The van der Waals surface area contributed by atoms with Gasteiger partial charge < -0.3 is 9.80 Å². The Morgan fingerprint density at radius 3 is 2.38 bits per heavy atom. The molecule has 0 N–H and O–H groups in total. The lowest BCUT2D eigenvalue weighted by Crippen LogP contribution is -2.47. The van der Waals surface area contributed by atoms with Crippen molar-refractivity contribution in [2.45, 2.75) is 39.5 Å². The Kier molecular flexibility index (Phi) is 6.76. The predicted octanol–water partition coefficient (Wildman–Crippen LogP) is 3.33. The van der Waals surface area contributed by atoms with Gasteiger partial charge in [-0.1, -0.05) is 13.8 Å². The smallest absolute Gasteiger partial charge is 0.253 e. The molecular formula is C19H27FN2O2. The minimum Gasteiger partial charge on any atom is -0.342 e. The molecule has 1 aliphatic heterocycles. The molecule has 1 saturated heterocycles. The number of rotatable bonds is 6. The monoisotopic (exact) mass is 334 g/mol. The molecule has 1 atom stereocenters.